The minimum atomic E-state index is 0.00745. The van der Waals surface area contributed by atoms with Gasteiger partial charge in [-0.2, -0.15) is 0 Å². The Balaban J connectivity index is 1.94. The van der Waals surface area contributed by atoms with Gasteiger partial charge in [-0.05, 0) is 43.7 Å². The fourth-order valence-electron chi connectivity index (χ4n) is 2.19. The molecule has 1 aromatic rings. The molecule has 0 aliphatic heterocycles. The highest BCUT2D eigenvalue weighted by molar-refractivity contribution is 5.95. The van der Waals surface area contributed by atoms with E-state index in [1.807, 2.05) is 0 Å². The Morgan fingerprint density at radius 1 is 1.39 bits per heavy atom. The largest absolute Gasteiger partial charge is 0.489 e. The van der Waals surface area contributed by atoms with Gasteiger partial charge in [-0.15, -0.1) is 0 Å². The van der Waals surface area contributed by atoms with Gasteiger partial charge < -0.3 is 15.7 Å². The highest BCUT2D eigenvalue weighted by Crippen LogP contribution is 2.26. The number of pyridine rings is 1. The van der Waals surface area contributed by atoms with E-state index in [1.165, 1.54) is 12.8 Å². The summed E-state index contributed by atoms with van der Waals surface area (Å²) in [5, 5.41) is 11.4. The monoisotopic (exact) mass is 249 g/mol. The summed E-state index contributed by atoms with van der Waals surface area (Å²) >= 11 is 0. The average molecular weight is 249 g/mol. The van der Waals surface area contributed by atoms with Gasteiger partial charge in [0.25, 0.3) is 0 Å². The van der Waals surface area contributed by atoms with Crippen LogP contribution in [0.15, 0.2) is 23.5 Å². The third kappa shape index (κ3) is 3.12. The lowest BCUT2D eigenvalue weighted by molar-refractivity contribution is 0.135. The summed E-state index contributed by atoms with van der Waals surface area (Å²) in [6.45, 7) is 2.28. The molecule has 0 radical (unpaired) electrons. The van der Waals surface area contributed by atoms with E-state index < -0.39 is 0 Å². The molecule has 0 bridgehead atoms. The van der Waals surface area contributed by atoms with Crippen molar-refractivity contribution < 1.29 is 9.94 Å². The molecule has 98 valence electrons. The molecule has 0 aromatic carbocycles. The maximum Gasteiger partial charge on any atom is 0.188 e. The number of amidine groups is 1. The summed E-state index contributed by atoms with van der Waals surface area (Å²) in [6, 6.07) is 3.49. The molecule has 5 heteroatoms. The normalized spacial score (nSPS) is 24.8. The molecule has 1 saturated carbocycles. The Hall–Kier alpha value is -1.78. The van der Waals surface area contributed by atoms with Gasteiger partial charge in [-0.1, -0.05) is 12.1 Å². The van der Waals surface area contributed by atoms with Crippen molar-refractivity contribution in [3.8, 4) is 5.75 Å². The Kier molecular flexibility index (Phi) is 4.02. The molecule has 1 aliphatic rings. The first kappa shape index (κ1) is 12.7. The summed E-state index contributed by atoms with van der Waals surface area (Å²) in [7, 11) is 0. The predicted molar refractivity (Wildman–Crippen MR) is 68.8 cm³/mol. The maximum atomic E-state index is 8.54. The van der Waals surface area contributed by atoms with Crippen LogP contribution in [-0.2, 0) is 0 Å². The van der Waals surface area contributed by atoms with E-state index >= 15 is 0 Å². The van der Waals surface area contributed by atoms with Gasteiger partial charge in [0, 0.05) is 0 Å². The van der Waals surface area contributed by atoms with Crippen LogP contribution < -0.4 is 10.5 Å². The molecule has 18 heavy (non-hydrogen) atoms. The number of nitrogens with two attached hydrogens (primary N) is 1. The molecule has 0 saturated heterocycles. The second kappa shape index (κ2) is 5.71. The van der Waals surface area contributed by atoms with E-state index in [0.717, 1.165) is 24.5 Å². The van der Waals surface area contributed by atoms with Gasteiger partial charge in [0.05, 0.1) is 12.3 Å². The lowest BCUT2D eigenvalue weighted by Crippen LogP contribution is -2.23. The number of aromatic nitrogens is 1. The Bertz CT molecular complexity index is 409. The number of hydrogen-bond donors (Lipinski definition) is 2. The molecule has 0 unspecified atom stereocenters. The Morgan fingerprint density at radius 3 is 2.67 bits per heavy atom. The lowest BCUT2D eigenvalue weighted by atomic mass is 9.89. The van der Waals surface area contributed by atoms with E-state index in [2.05, 4.69) is 17.1 Å². The molecular weight excluding hydrogens is 230 g/mol. The summed E-state index contributed by atoms with van der Waals surface area (Å²) in [4.78, 5) is 4.09. The van der Waals surface area contributed by atoms with Crippen molar-refractivity contribution in [2.45, 2.75) is 38.7 Å². The van der Waals surface area contributed by atoms with E-state index in [1.54, 1.807) is 18.3 Å². The van der Waals surface area contributed by atoms with E-state index in [0.29, 0.717) is 5.69 Å². The first-order valence-corrected chi connectivity index (χ1v) is 6.29. The fourth-order valence-corrected chi connectivity index (χ4v) is 2.19. The van der Waals surface area contributed by atoms with Crippen molar-refractivity contribution in [1.82, 2.24) is 4.98 Å². The molecule has 1 aromatic heterocycles. The number of nitrogens with zero attached hydrogens (tertiary/aromatic N) is 2. The first-order chi connectivity index (χ1) is 8.69. The van der Waals surface area contributed by atoms with Gasteiger partial charge >= 0.3 is 0 Å². The van der Waals surface area contributed by atoms with Gasteiger partial charge in [0.2, 0.25) is 0 Å². The summed E-state index contributed by atoms with van der Waals surface area (Å²) in [5.74, 6) is 1.56. The second-order valence-electron chi connectivity index (χ2n) is 4.86. The SMILES string of the molecule is CC1CCC(Oc2ccc(/C(N)=N/O)nc2)CC1. The third-order valence-corrected chi connectivity index (χ3v) is 3.37. The van der Waals surface area contributed by atoms with Gasteiger partial charge in [-0.25, -0.2) is 4.98 Å². The van der Waals surface area contributed by atoms with E-state index in [4.69, 9.17) is 15.7 Å². The van der Waals surface area contributed by atoms with Crippen LogP contribution in [0.4, 0.5) is 0 Å². The van der Waals surface area contributed by atoms with Gasteiger partial charge in [-0.3, -0.25) is 0 Å². The van der Waals surface area contributed by atoms with Crippen LogP contribution in [0.5, 0.6) is 5.75 Å². The summed E-state index contributed by atoms with van der Waals surface area (Å²) in [6.07, 6.45) is 6.55. The van der Waals surface area contributed by atoms with Crippen molar-refractivity contribution in [2.24, 2.45) is 16.8 Å². The minimum Gasteiger partial charge on any atom is -0.489 e. The zero-order valence-electron chi connectivity index (χ0n) is 10.5. The summed E-state index contributed by atoms with van der Waals surface area (Å²) < 4.78 is 5.87. The number of oxime groups is 1. The summed E-state index contributed by atoms with van der Waals surface area (Å²) in [5.41, 5.74) is 5.89. The number of ether oxygens (including phenoxy) is 1. The third-order valence-electron chi connectivity index (χ3n) is 3.37. The minimum absolute atomic E-state index is 0.00745. The van der Waals surface area contributed by atoms with Crippen LogP contribution in [0.2, 0.25) is 0 Å². The van der Waals surface area contributed by atoms with Crippen LogP contribution in [0.1, 0.15) is 38.3 Å². The standard InChI is InChI=1S/C13H19N3O2/c1-9-2-4-10(5-3-9)18-11-6-7-12(15-8-11)13(14)16-17/h6-10,17H,2-5H2,1H3,(H2,14,16). The van der Waals surface area contributed by atoms with Crippen LogP contribution in [0.3, 0.4) is 0 Å². The van der Waals surface area contributed by atoms with Crippen molar-refractivity contribution in [1.29, 1.82) is 0 Å². The molecule has 1 fully saturated rings. The van der Waals surface area contributed by atoms with Gasteiger partial charge in [0.1, 0.15) is 11.4 Å². The smallest absolute Gasteiger partial charge is 0.188 e. The molecule has 2 rings (SSSR count). The first-order valence-electron chi connectivity index (χ1n) is 6.29. The molecule has 3 N–H and O–H groups in total. The van der Waals surface area contributed by atoms with Crippen molar-refractivity contribution in [2.75, 3.05) is 0 Å². The van der Waals surface area contributed by atoms with Crippen LogP contribution in [-0.4, -0.2) is 22.1 Å². The maximum absolute atomic E-state index is 8.54. The topological polar surface area (TPSA) is 80.7 Å². The second-order valence-corrected chi connectivity index (χ2v) is 4.86. The molecule has 5 nitrogen and oxygen atoms in total. The molecule has 1 heterocycles. The number of hydrogen-bond acceptors (Lipinski definition) is 4. The van der Waals surface area contributed by atoms with E-state index in [9.17, 15) is 0 Å². The van der Waals surface area contributed by atoms with E-state index in [-0.39, 0.29) is 11.9 Å². The zero-order valence-corrected chi connectivity index (χ0v) is 10.5. The quantitative estimate of drug-likeness (QED) is 0.372. The van der Waals surface area contributed by atoms with Crippen molar-refractivity contribution in [3.05, 3.63) is 24.0 Å². The molecular formula is C13H19N3O2. The van der Waals surface area contributed by atoms with Crippen LogP contribution >= 0.6 is 0 Å². The average Bonchev–Trinajstić information content (AvgIpc) is 2.41. The van der Waals surface area contributed by atoms with Crippen LogP contribution in [0, 0.1) is 5.92 Å². The number of rotatable bonds is 3. The molecule has 1 aliphatic carbocycles. The molecule has 0 amide bonds. The fraction of sp³-hybridized carbons (Fsp3) is 0.538. The lowest BCUT2D eigenvalue weighted by Gasteiger charge is -2.26. The molecule has 0 atom stereocenters. The Labute approximate surface area is 107 Å². The van der Waals surface area contributed by atoms with Crippen molar-refractivity contribution in [3.63, 3.8) is 0 Å². The molecule has 0 spiro atoms. The highest BCUT2D eigenvalue weighted by atomic mass is 16.5. The van der Waals surface area contributed by atoms with Crippen LogP contribution in [0.25, 0.3) is 0 Å². The highest BCUT2D eigenvalue weighted by Gasteiger charge is 2.19. The Morgan fingerprint density at radius 2 is 2.11 bits per heavy atom. The van der Waals surface area contributed by atoms with Crippen molar-refractivity contribution >= 4 is 5.84 Å². The van der Waals surface area contributed by atoms with Gasteiger partial charge in [0.15, 0.2) is 5.84 Å². The predicted octanol–water partition coefficient (Wildman–Crippen LogP) is 2.13. The zero-order chi connectivity index (χ0) is 13.0.